The number of nitrogens with zero attached hydrogens (tertiary/aromatic N) is 3. The first-order chi connectivity index (χ1) is 8.72. The minimum atomic E-state index is -4.51. The normalized spacial score (nSPS) is 15.3. The Labute approximate surface area is 111 Å². The summed E-state index contributed by atoms with van der Waals surface area (Å²) < 4.78 is 38.5. The molecule has 114 valence electrons. The van der Waals surface area contributed by atoms with Gasteiger partial charge in [-0.15, -0.1) is 0 Å². The van der Waals surface area contributed by atoms with Crippen LogP contribution in [0.25, 0.3) is 0 Å². The SMILES string of the molecule is CCCN(CCN(C)C)CC(C(N)=NO)C(F)(F)F. The molecule has 1 atom stereocenters. The van der Waals surface area contributed by atoms with Gasteiger partial charge in [0.15, 0.2) is 5.84 Å². The lowest BCUT2D eigenvalue weighted by Crippen LogP contribution is -2.46. The molecule has 5 nitrogen and oxygen atoms in total. The predicted molar refractivity (Wildman–Crippen MR) is 68.2 cm³/mol. The molecule has 0 saturated carbocycles. The zero-order valence-electron chi connectivity index (χ0n) is 11.6. The highest BCUT2D eigenvalue weighted by atomic mass is 19.4. The molecule has 0 aliphatic heterocycles. The third kappa shape index (κ3) is 7.22. The molecule has 0 spiro atoms. The Hall–Kier alpha value is -1.02. The van der Waals surface area contributed by atoms with Crippen molar-refractivity contribution < 1.29 is 18.4 Å². The first-order valence-electron chi connectivity index (χ1n) is 6.13. The third-order valence-electron chi connectivity index (χ3n) is 2.71. The summed E-state index contributed by atoms with van der Waals surface area (Å²) in [6.07, 6.45) is -3.77. The Morgan fingerprint density at radius 1 is 1.26 bits per heavy atom. The molecular weight excluding hydrogens is 261 g/mol. The summed E-state index contributed by atoms with van der Waals surface area (Å²) >= 11 is 0. The molecule has 1 unspecified atom stereocenters. The van der Waals surface area contributed by atoms with E-state index in [4.69, 9.17) is 10.9 Å². The Balaban J connectivity index is 4.74. The van der Waals surface area contributed by atoms with Gasteiger partial charge >= 0.3 is 6.18 Å². The minimum Gasteiger partial charge on any atom is -0.409 e. The van der Waals surface area contributed by atoms with Crippen LogP contribution in [0, 0.1) is 5.92 Å². The van der Waals surface area contributed by atoms with Gasteiger partial charge in [0, 0.05) is 19.6 Å². The Bertz CT molecular complexity index is 282. The van der Waals surface area contributed by atoms with Crippen molar-refractivity contribution in [3.05, 3.63) is 0 Å². The largest absolute Gasteiger partial charge is 0.409 e. The van der Waals surface area contributed by atoms with Crippen LogP contribution >= 0.6 is 0 Å². The lowest BCUT2D eigenvalue weighted by Gasteiger charge is -2.28. The summed E-state index contributed by atoms with van der Waals surface area (Å²) in [6.45, 7) is 3.31. The molecule has 0 aliphatic carbocycles. The fourth-order valence-corrected chi connectivity index (χ4v) is 1.64. The van der Waals surface area contributed by atoms with Crippen molar-refractivity contribution >= 4 is 5.84 Å². The topological polar surface area (TPSA) is 65.1 Å². The molecule has 3 N–H and O–H groups in total. The summed E-state index contributed by atoms with van der Waals surface area (Å²) in [7, 11) is 3.71. The number of nitrogens with two attached hydrogens (primary N) is 1. The van der Waals surface area contributed by atoms with Gasteiger partial charge in [-0.1, -0.05) is 12.1 Å². The fourth-order valence-electron chi connectivity index (χ4n) is 1.64. The van der Waals surface area contributed by atoms with Gasteiger partial charge < -0.3 is 20.7 Å². The molecule has 0 heterocycles. The molecule has 0 radical (unpaired) electrons. The van der Waals surface area contributed by atoms with Gasteiger partial charge in [0.2, 0.25) is 0 Å². The molecule has 0 bridgehead atoms. The summed E-state index contributed by atoms with van der Waals surface area (Å²) in [4.78, 5) is 3.57. The van der Waals surface area contributed by atoms with Crippen LogP contribution in [0.15, 0.2) is 5.16 Å². The number of likely N-dealkylation sites (N-methyl/N-ethyl adjacent to an activating group) is 1. The first-order valence-corrected chi connectivity index (χ1v) is 6.13. The maximum atomic E-state index is 12.8. The molecule has 0 rings (SSSR count). The molecule has 0 aromatic carbocycles. The van der Waals surface area contributed by atoms with Crippen LogP contribution in [-0.4, -0.2) is 67.3 Å². The predicted octanol–water partition coefficient (Wildman–Crippen LogP) is 1.18. The van der Waals surface area contributed by atoms with Crippen molar-refractivity contribution in [2.75, 3.05) is 40.3 Å². The monoisotopic (exact) mass is 284 g/mol. The van der Waals surface area contributed by atoms with Gasteiger partial charge in [0.05, 0.1) is 0 Å². The van der Waals surface area contributed by atoms with E-state index in [0.717, 1.165) is 6.42 Å². The highest BCUT2D eigenvalue weighted by Gasteiger charge is 2.43. The highest BCUT2D eigenvalue weighted by Crippen LogP contribution is 2.27. The van der Waals surface area contributed by atoms with Crippen LogP contribution in [0.3, 0.4) is 0 Å². The smallest absolute Gasteiger partial charge is 0.400 e. The summed E-state index contributed by atoms with van der Waals surface area (Å²) in [6, 6.07) is 0. The van der Waals surface area contributed by atoms with Gasteiger partial charge in [-0.2, -0.15) is 13.2 Å². The standard InChI is InChI=1S/C11H23F3N4O/c1-4-5-18(7-6-17(2)3)8-9(10(15)16-19)11(12,13)14/h9,19H,4-8H2,1-3H3,(H2,15,16). The van der Waals surface area contributed by atoms with Gasteiger partial charge in [-0.3, -0.25) is 0 Å². The number of alkyl halides is 3. The maximum absolute atomic E-state index is 12.8. The van der Waals surface area contributed by atoms with Crippen molar-refractivity contribution in [1.82, 2.24) is 9.80 Å². The summed E-state index contributed by atoms with van der Waals surface area (Å²) in [5, 5.41) is 11.0. The Kier molecular flexibility index (Phi) is 7.77. The average molecular weight is 284 g/mol. The lowest BCUT2D eigenvalue weighted by molar-refractivity contribution is -0.160. The van der Waals surface area contributed by atoms with Gasteiger partial charge in [0.25, 0.3) is 0 Å². The van der Waals surface area contributed by atoms with Crippen LogP contribution < -0.4 is 5.73 Å². The van der Waals surface area contributed by atoms with Crippen molar-refractivity contribution in [3.63, 3.8) is 0 Å². The number of hydrogen-bond donors (Lipinski definition) is 2. The molecule has 19 heavy (non-hydrogen) atoms. The van der Waals surface area contributed by atoms with Crippen LogP contribution in [-0.2, 0) is 0 Å². The van der Waals surface area contributed by atoms with Crippen LogP contribution in [0.1, 0.15) is 13.3 Å². The molecule has 0 fully saturated rings. The van der Waals surface area contributed by atoms with Crippen LogP contribution in [0.4, 0.5) is 13.2 Å². The second-order valence-electron chi connectivity index (χ2n) is 4.72. The van der Waals surface area contributed by atoms with Crippen molar-refractivity contribution in [2.45, 2.75) is 19.5 Å². The van der Waals surface area contributed by atoms with E-state index in [-0.39, 0.29) is 6.54 Å². The van der Waals surface area contributed by atoms with Gasteiger partial charge in [-0.05, 0) is 27.1 Å². The summed E-state index contributed by atoms with van der Waals surface area (Å²) in [5.74, 6) is -2.73. The zero-order valence-corrected chi connectivity index (χ0v) is 11.6. The molecule has 0 saturated heterocycles. The van der Waals surface area contributed by atoms with E-state index in [1.807, 2.05) is 25.9 Å². The molecular formula is C11H23F3N4O. The Morgan fingerprint density at radius 2 is 1.84 bits per heavy atom. The number of halogens is 3. The van der Waals surface area contributed by atoms with E-state index in [1.165, 1.54) is 0 Å². The second kappa shape index (κ2) is 8.21. The number of rotatable bonds is 8. The molecule has 8 heteroatoms. The molecule has 0 aromatic rings. The number of amidine groups is 1. The number of hydrogen-bond acceptors (Lipinski definition) is 4. The molecule has 0 aromatic heterocycles. The first kappa shape index (κ1) is 18.0. The van der Waals surface area contributed by atoms with Gasteiger partial charge in [0.1, 0.15) is 5.92 Å². The van der Waals surface area contributed by atoms with E-state index >= 15 is 0 Å². The van der Waals surface area contributed by atoms with Crippen molar-refractivity contribution in [2.24, 2.45) is 16.8 Å². The van der Waals surface area contributed by atoms with E-state index < -0.39 is 17.9 Å². The maximum Gasteiger partial charge on any atom is 0.400 e. The van der Waals surface area contributed by atoms with E-state index in [2.05, 4.69) is 5.16 Å². The minimum absolute atomic E-state index is 0.291. The Morgan fingerprint density at radius 3 is 2.21 bits per heavy atom. The highest BCUT2D eigenvalue weighted by molar-refractivity contribution is 5.83. The van der Waals surface area contributed by atoms with E-state index in [1.54, 1.807) is 4.90 Å². The average Bonchev–Trinajstić information content (AvgIpc) is 2.30. The van der Waals surface area contributed by atoms with E-state index in [9.17, 15) is 13.2 Å². The van der Waals surface area contributed by atoms with Crippen molar-refractivity contribution in [1.29, 1.82) is 0 Å². The summed E-state index contributed by atoms with van der Waals surface area (Å²) in [5.41, 5.74) is 5.15. The van der Waals surface area contributed by atoms with Crippen LogP contribution in [0.2, 0.25) is 0 Å². The zero-order chi connectivity index (χ0) is 15.1. The fraction of sp³-hybridized carbons (Fsp3) is 0.909. The number of oxime groups is 1. The van der Waals surface area contributed by atoms with Crippen LogP contribution in [0.5, 0.6) is 0 Å². The third-order valence-corrected chi connectivity index (χ3v) is 2.71. The lowest BCUT2D eigenvalue weighted by atomic mass is 10.1. The molecule has 0 aliphatic rings. The molecule has 0 amide bonds. The quantitative estimate of drug-likeness (QED) is 0.304. The van der Waals surface area contributed by atoms with Crippen molar-refractivity contribution in [3.8, 4) is 0 Å². The van der Waals surface area contributed by atoms with E-state index in [0.29, 0.717) is 19.6 Å². The second-order valence-corrected chi connectivity index (χ2v) is 4.72. The van der Waals surface area contributed by atoms with Gasteiger partial charge in [-0.25, -0.2) is 0 Å².